The van der Waals surface area contributed by atoms with E-state index in [2.05, 4.69) is 28.9 Å². The lowest BCUT2D eigenvalue weighted by Gasteiger charge is -2.16. The van der Waals surface area contributed by atoms with Crippen LogP contribution in [0.3, 0.4) is 0 Å². The molecule has 92 valence electrons. The Labute approximate surface area is 110 Å². The van der Waals surface area contributed by atoms with Crippen LogP contribution in [0.2, 0.25) is 0 Å². The minimum atomic E-state index is -0.451. The summed E-state index contributed by atoms with van der Waals surface area (Å²) in [6, 6.07) is 6.03. The van der Waals surface area contributed by atoms with Gasteiger partial charge in [0.05, 0.1) is 11.6 Å². The smallest absolute Gasteiger partial charge is 0.184 e. The molecule has 0 bridgehead atoms. The van der Waals surface area contributed by atoms with E-state index in [0.717, 1.165) is 16.5 Å². The Bertz CT molecular complexity index is 426. The van der Waals surface area contributed by atoms with E-state index >= 15 is 0 Å². The number of ether oxygens (including phenoxy) is 2. The molecule has 1 aromatic rings. The largest absolute Gasteiger partial charge is 0.493 e. The van der Waals surface area contributed by atoms with E-state index < -0.39 is 6.10 Å². The summed E-state index contributed by atoms with van der Waals surface area (Å²) in [5.74, 6) is 1.25. The summed E-state index contributed by atoms with van der Waals surface area (Å²) in [5.41, 5.74) is 1.16. The summed E-state index contributed by atoms with van der Waals surface area (Å²) in [4.78, 5) is 0. The van der Waals surface area contributed by atoms with Gasteiger partial charge in [-0.05, 0) is 46.5 Å². The second-order valence-corrected chi connectivity index (χ2v) is 4.46. The first kappa shape index (κ1) is 13.9. The van der Waals surface area contributed by atoms with Crippen molar-refractivity contribution in [2.45, 2.75) is 32.8 Å². The van der Waals surface area contributed by atoms with Crippen LogP contribution in [0, 0.1) is 11.3 Å². The topological polar surface area (TPSA) is 42.2 Å². The van der Waals surface area contributed by atoms with E-state index in [1.807, 2.05) is 19.1 Å². The molecule has 0 radical (unpaired) electrons. The standard InChI is InChI=1S/C13H16BrNO2/c1-4-9-6-11(14)13(12(7-9)16-3)17-10(5-2)8-15/h6-7,10H,4-5H2,1-3H3. The van der Waals surface area contributed by atoms with Gasteiger partial charge in [-0.25, -0.2) is 0 Å². The minimum Gasteiger partial charge on any atom is -0.493 e. The third-order valence-electron chi connectivity index (χ3n) is 2.47. The van der Waals surface area contributed by atoms with E-state index in [4.69, 9.17) is 14.7 Å². The van der Waals surface area contributed by atoms with Crippen LogP contribution in [0.5, 0.6) is 11.5 Å². The lowest BCUT2D eigenvalue weighted by Crippen LogP contribution is -2.13. The Morgan fingerprint density at radius 1 is 1.41 bits per heavy atom. The van der Waals surface area contributed by atoms with E-state index in [-0.39, 0.29) is 0 Å². The third kappa shape index (κ3) is 3.37. The van der Waals surface area contributed by atoms with Gasteiger partial charge in [0.2, 0.25) is 0 Å². The Hall–Kier alpha value is -1.21. The Balaban J connectivity index is 3.10. The first-order chi connectivity index (χ1) is 8.15. The molecule has 0 aromatic heterocycles. The molecule has 0 aliphatic heterocycles. The van der Waals surface area contributed by atoms with Crippen molar-refractivity contribution in [1.82, 2.24) is 0 Å². The zero-order valence-corrected chi connectivity index (χ0v) is 11.9. The van der Waals surface area contributed by atoms with Crippen LogP contribution < -0.4 is 9.47 Å². The van der Waals surface area contributed by atoms with Crippen molar-refractivity contribution in [3.63, 3.8) is 0 Å². The average Bonchev–Trinajstić information content (AvgIpc) is 2.36. The molecule has 1 aromatic carbocycles. The summed E-state index contributed by atoms with van der Waals surface area (Å²) >= 11 is 3.45. The highest BCUT2D eigenvalue weighted by molar-refractivity contribution is 9.10. The number of hydrogen-bond acceptors (Lipinski definition) is 3. The number of halogens is 1. The van der Waals surface area contributed by atoms with Crippen molar-refractivity contribution in [2.24, 2.45) is 0 Å². The quantitative estimate of drug-likeness (QED) is 0.832. The van der Waals surface area contributed by atoms with Crippen LogP contribution >= 0.6 is 15.9 Å². The SMILES string of the molecule is CCc1cc(Br)c(OC(C#N)CC)c(OC)c1. The van der Waals surface area contributed by atoms with E-state index in [9.17, 15) is 0 Å². The molecule has 0 N–H and O–H groups in total. The van der Waals surface area contributed by atoms with Gasteiger partial charge >= 0.3 is 0 Å². The fourth-order valence-corrected chi connectivity index (χ4v) is 2.02. The highest BCUT2D eigenvalue weighted by Crippen LogP contribution is 2.37. The van der Waals surface area contributed by atoms with Gasteiger partial charge in [0.15, 0.2) is 17.6 Å². The van der Waals surface area contributed by atoms with Gasteiger partial charge in [-0.15, -0.1) is 0 Å². The summed E-state index contributed by atoms with van der Waals surface area (Å²) in [6.07, 6.45) is 1.11. The van der Waals surface area contributed by atoms with Gasteiger partial charge in [0.1, 0.15) is 6.07 Å². The maximum absolute atomic E-state index is 8.91. The van der Waals surface area contributed by atoms with Crippen LogP contribution in [-0.2, 0) is 6.42 Å². The highest BCUT2D eigenvalue weighted by Gasteiger charge is 2.15. The predicted octanol–water partition coefficient (Wildman–Crippen LogP) is 3.70. The molecule has 0 aliphatic rings. The van der Waals surface area contributed by atoms with Crippen molar-refractivity contribution in [3.05, 3.63) is 22.2 Å². The minimum absolute atomic E-state index is 0.451. The molecule has 0 heterocycles. The third-order valence-corrected chi connectivity index (χ3v) is 3.06. The first-order valence-electron chi connectivity index (χ1n) is 5.58. The number of methoxy groups -OCH3 is 1. The van der Waals surface area contributed by atoms with E-state index in [1.54, 1.807) is 7.11 Å². The predicted molar refractivity (Wildman–Crippen MR) is 70.4 cm³/mol. The molecule has 4 heteroatoms. The summed E-state index contributed by atoms with van der Waals surface area (Å²) in [7, 11) is 1.60. The summed E-state index contributed by atoms with van der Waals surface area (Å²) in [5, 5.41) is 8.91. The van der Waals surface area contributed by atoms with Crippen LogP contribution in [-0.4, -0.2) is 13.2 Å². The van der Waals surface area contributed by atoms with Crippen molar-refractivity contribution < 1.29 is 9.47 Å². The fraction of sp³-hybridized carbons (Fsp3) is 0.462. The molecule has 0 spiro atoms. The van der Waals surface area contributed by atoms with Crippen LogP contribution in [0.25, 0.3) is 0 Å². The van der Waals surface area contributed by atoms with Crippen LogP contribution in [0.15, 0.2) is 16.6 Å². The van der Waals surface area contributed by atoms with Gasteiger partial charge in [-0.2, -0.15) is 5.26 Å². The molecule has 0 amide bonds. The molecular formula is C13H16BrNO2. The molecule has 1 rings (SSSR count). The molecule has 1 unspecified atom stereocenters. The Morgan fingerprint density at radius 2 is 2.12 bits per heavy atom. The van der Waals surface area contributed by atoms with Gasteiger partial charge in [-0.3, -0.25) is 0 Å². The number of nitriles is 1. The van der Waals surface area contributed by atoms with Crippen molar-refractivity contribution >= 4 is 15.9 Å². The maximum Gasteiger partial charge on any atom is 0.184 e. The van der Waals surface area contributed by atoms with E-state index in [0.29, 0.717) is 17.9 Å². The normalized spacial score (nSPS) is 11.7. The first-order valence-corrected chi connectivity index (χ1v) is 6.38. The molecule has 0 aliphatic carbocycles. The van der Waals surface area contributed by atoms with Gasteiger partial charge in [0.25, 0.3) is 0 Å². The number of nitrogens with zero attached hydrogens (tertiary/aromatic N) is 1. The zero-order valence-electron chi connectivity index (χ0n) is 10.3. The summed E-state index contributed by atoms with van der Waals surface area (Å²) in [6.45, 7) is 3.99. The molecule has 0 fully saturated rings. The summed E-state index contributed by atoms with van der Waals surface area (Å²) < 4.78 is 11.7. The molecular weight excluding hydrogens is 282 g/mol. The number of hydrogen-bond donors (Lipinski definition) is 0. The van der Waals surface area contributed by atoms with Crippen molar-refractivity contribution in [1.29, 1.82) is 5.26 Å². The molecule has 3 nitrogen and oxygen atoms in total. The fourth-order valence-electron chi connectivity index (χ4n) is 1.43. The second-order valence-electron chi connectivity index (χ2n) is 3.61. The van der Waals surface area contributed by atoms with Crippen LogP contribution in [0.4, 0.5) is 0 Å². The highest BCUT2D eigenvalue weighted by atomic mass is 79.9. The lowest BCUT2D eigenvalue weighted by molar-refractivity contribution is 0.237. The van der Waals surface area contributed by atoms with Gasteiger partial charge in [-0.1, -0.05) is 13.8 Å². The van der Waals surface area contributed by atoms with E-state index in [1.165, 1.54) is 0 Å². The maximum atomic E-state index is 8.91. The molecule has 1 atom stereocenters. The molecule has 0 saturated carbocycles. The van der Waals surface area contributed by atoms with Crippen LogP contribution in [0.1, 0.15) is 25.8 Å². The van der Waals surface area contributed by atoms with Gasteiger partial charge < -0.3 is 9.47 Å². The number of benzene rings is 1. The monoisotopic (exact) mass is 297 g/mol. The number of aryl methyl sites for hydroxylation is 1. The number of rotatable bonds is 5. The molecule has 17 heavy (non-hydrogen) atoms. The van der Waals surface area contributed by atoms with Crippen molar-refractivity contribution in [3.8, 4) is 17.6 Å². The Kier molecular flexibility index (Phi) is 5.30. The van der Waals surface area contributed by atoms with Gasteiger partial charge in [0, 0.05) is 0 Å². The molecule has 0 saturated heterocycles. The second kappa shape index (κ2) is 6.51. The zero-order chi connectivity index (χ0) is 12.8. The average molecular weight is 298 g/mol. The lowest BCUT2D eigenvalue weighted by atomic mass is 10.1. The van der Waals surface area contributed by atoms with Crippen molar-refractivity contribution in [2.75, 3.05) is 7.11 Å². The Morgan fingerprint density at radius 3 is 2.59 bits per heavy atom.